The minimum atomic E-state index is 0.132. The molecule has 15 heavy (non-hydrogen) atoms. The van der Waals surface area contributed by atoms with Crippen molar-refractivity contribution in [2.24, 2.45) is 0 Å². The molecule has 1 aromatic carbocycles. The lowest BCUT2D eigenvalue weighted by atomic mass is 10.1. The maximum absolute atomic E-state index is 11.4. The molecule has 1 rings (SSSR count). The molecule has 0 aliphatic heterocycles. The molecule has 82 valence electrons. The Bertz CT molecular complexity index is 295. The predicted octanol–water partition coefficient (Wildman–Crippen LogP) is 3.93. The van der Waals surface area contributed by atoms with Crippen LogP contribution in [-0.2, 0) is 4.79 Å². The summed E-state index contributed by atoms with van der Waals surface area (Å²) in [5, 5.41) is 0.132. The number of carbonyl (C=O) groups excluding carboxylic acids is 1. The summed E-state index contributed by atoms with van der Waals surface area (Å²) in [5.41, 5.74) is 0. The number of benzene rings is 1. The standard InChI is InChI=1S/C13H18OS/c1-3-4-10-13(11(2)14)15-12-8-6-5-7-9-12/h5-9,13H,3-4,10H2,1-2H3. The van der Waals surface area contributed by atoms with Crippen LogP contribution in [0.4, 0.5) is 0 Å². The molecule has 0 saturated carbocycles. The van der Waals surface area contributed by atoms with Gasteiger partial charge in [-0.15, -0.1) is 11.8 Å². The Morgan fingerprint density at radius 2 is 2.00 bits per heavy atom. The molecule has 0 fully saturated rings. The van der Waals surface area contributed by atoms with Gasteiger partial charge in [-0.05, 0) is 25.5 Å². The highest BCUT2D eigenvalue weighted by Crippen LogP contribution is 2.26. The molecule has 1 unspecified atom stereocenters. The van der Waals surface area contributed by atoms with Gasteiger partial charge in [0.05, 0.1) is 5.25 Å². The Balaban J connectivity index is 2.55. The van der Waals surface area contributed by atoms with Gasteiger partial charge in [-0.25, -0.2) is 0 Å². The highest BCUT2D eigenvalue weighted by Gasteiger charge is 2.14. The highest BCUT2D eigenvalue weighted by molar-refractivity contribution is 8.00. The topological polar surface area (TPSA) is 17.1 Å². The summed E-state index contributed by atoms with van der Waals surface area (Å²) < 4.78 is 0. The molecule has 0 N–H and O–H groups in total. The molecule has 0 heterocycles. The van der Waals surface area contributed by atoms with Crippen LogP contribution in [0.2, 0.25) is 0 Å². The fourth-order valence-electron chi connectivity index (χ4n) is 1.40. The van der Waals surface area contributed by atoms with E-state index < -0.39 is 0 Å². The fourth-order valence-corrected chi connectivity index (χ4v) is 2.49. The van der Waals surface area contributed by atoms with Crippen LogP contribution in [-0.4, -0.2) is 11.0 Å². The molecule has 2 heteroatoms. The Morgan fingerprint density at radius 3 is 2.53 bits per heavy atom. The van der Waals surface area contributed by atoms with Crippen LogP contribution in [0.1, 0.15) is 33.1 Å². The zero-order valence-corrected chi connectivity index (χ0v) is 10.2. The van der Waals surface area contributed by atoms with Crippen LogP contribution in [0.25, 0.3) is 0 Å². The molecule has 0 spiro atoms. The molecule has 0 aromatic heterocycles. The van der Waals surface area contributed by atoms with Crippen LogP contribution in [0, 0.1) is 0 Å². The second kappa shape index (κ2) is 6.67. The van der Waals surface area contributed by atoms with Crippen molar-refractivity contribution in [3.05, 3.63) is 30.3 Å². The van der Waals surface area contributed by atoms with Gasteiger partial charge in [0, 0.05) is 4.90 Å². The largest absolute Gasteiger partial charge is 0.299 e. The highest BCUT2D eigenvalue weighted by atomic mass is 32.2. The summed E-state index contributed by atoms with van der Waals surface area (Å²) in [6.07, 6.45) is 3.27. The van der Waals surface area contributed by atoms with E-state index in [1.54, 1.807) is 18.7 Å². The molecule has 1 atom stereocenters. The first-order valence-corrected chi connectivity index (χ1v) is 6.34. The van der Waals surface area contributed by atoms with E-state index in [0.29, 0.717) is 0 Å². The molecule has 0 amide bonds. The summed E-state index contributed by atoms with van der Waals surface area (Å²) in [5.74, 6) is 0.289. The molecule has 1 nitrogen and oxygen atoms in total. The number of ketones is 1. The van der Waals surface area contributed by atoms with Crippen molar-refractivity contribution >= 4 is 17.5 Å². The van der Waals surface area contributed by atoms with Crippen LogP contribution < -0.4 is 0 Å². The predicted molar refractivity (Wildman–Crippen MR) is 66.3 cm³/mol. The molecule has 0 aliphatic carbocycles. The van der Waals surface area contributed by atoms with E-state index in [9.17, 15) is 4.79 Å². The average Bonchev–Trinajstić information content (AvgIpc) is 2.25. The third-order valence-corrected chi connectivity index (χ3v) is 3.69. The molecular formula is C13H18OS. The average molecular weight is 222 g/mol. The summed E-state index contributed by atoms with van der Waals surface area (Å²) in [6, 6.07) is 10.1. The van der Waals surface area contributed by atoms with Gasteiger partial charge >= 0.3 is 0 Å². The van der Waals surface area contributed by atoms with E-state index in [0.717, 1.165) is 19.3 Å². The van der Waals surface area contributed by atoms with E-state index in [-0.39, 0.29) is 11.0 Å². The van der Waals surface area contributed by atoms with E-state index in [2.05, 4.69) is 19.1 Å². The van der Waals surface area contributed by atoms with Crippen molar-refractivity contribution in [2.75, 3.05) is 0 Å². The van der Waals surface area contributed by atoms with Crippen LogP contribution in [0.5, 0.6) is 0 Å². The molecule has 0 saturated heterocycles. The van der Waals surface area contributed by atoms with Crippen LogP contribution in [0.15, 0.2) is 35.2 Å². The van der Waals surface area contributed by atoms with Gasteiger partial charge in [0.1, 0.15) is 5.78 Å². The van der Waals surface area contributed by atoms with Crippen molar-refractivity contribution in [3.8, 4) is 0 Å². The van der Waals surface area contributed by atoms with Crippen molar-refractivity contribution in [2.45, 2.75) is 43.3 Å². The zero-order chi connectivity index (χ0) is 11.1. The monoisotopic (exact) mass is 222 g/mol. The van der Waals surface area contributed by atoms with Gasteiger partial charge in [0.25, 0.3) is 0 Å². The maximum Gasteiger partial charge on any atom is 0.143 e. The SMILES string of the molecule is CCCCC(Sc1ccccc1)C(C)=O. The lowest BCUT2D eigenvalue weighted by Crippen LogP contribution is -2.13. The fraction of sp³-hybridized carbons (Fsp3) is 0.462. The minimum Gasteiger partial charge on any atom is -0.299 e. The van der Waals surface area contributed by atoms with Gasteiger partial charge in [-0.3, -0.25) is 4.79 Å². The molecule has 0 radical (unpaired) electrons. The van der Waals surface area contributed by atoms with Gasteiger partial charge < -0.3 is 0 Å². The van der Waals surface area contributed by atoms with Gasteiger partial charge in [0.15, 0.2) is 0 Å². The van der Waals surface area contributed by atoms with Crippen molar-refractivity contribution in [1.29, 1.82) is 0 Å². The number of thioether (sulfide) groups is 1. The van der Waals surface area contributed by atoms with Crippen LogP contribution in [0.3, 0.4) is 0 Å². The smallest absolute Gasteiger partial charge is 0.143 e. The maximum atomic E-state index is 11.4. The number of rotatable bonds is 6. The Labute approximate surface area is 96.3 Å². The van der Waals surface area contributed by atoms with Gasteiger partial charge in [-0.2, -0.15) is 0 Å². The normalized spacial score (nSPS) is 12.4. The summed E-state index contributed by atoms with van der Waals surface area (Å²) >= 11 is 1.69. The van der Waals surface area contributed by atoms with E-state index in [1.807, 2.05) is 18.2 Å². The number of hydrogen-bond donors (Lipinski definition) is 0. The number of Topliss-reactive ketones (excluding diaryl/α,β-unsaturated/α-hetero) is 1. The Morgan fingerprint density at radius 1 is 1.33 bits per heavy atom. The number of hydrogen-bond acceptors (Lipinski definition) is 2. The first-order valence-electron chi connectivity index (χ1n) is 5.46. The van der Waals surface area contributed by atoms with Crippen molar-refractivity contribution < 1.29 is 4.79 Å². The third kappa shape index (κ3) is 4.52. The first kappa shape index (κ1) is 12.3. The number of unbranched alkanes of at least 4 members (excludes halogenated alkanes) is 1. The quantitative estimate of drug-likeness (QED) is 0.678. The van der Waals surface area contributed by atoms with Gasteiger partial charge in [0.2, 0.25) is 0 Å². The van der Waals surface area contributed by atoms with Gasteiger partial charge in [-0.1, -0.05) is 38.0 Å². The van der Waals surface area contributed by atoms with E-state index in [1.165, 1.54) is 4.90 Å². The van der Waals surface area contributed by atoms with E-state index >= 15 is 0 Å². The lowest BCUT2D eigenvalue weighted by Gasteiger charge is -2.12. The second-order valence-corrected chi connectivity index (χ2v) is 4.95. The molecule has 1 aromatic rings. The third-order valence-electron chi connectivity index (χ3n) is 2.29. The molecule has 0 aliphatic rings. The summed E-state index contributed by atoms with van der Waals surface area (Å²) in [6.45, 7) is 3.85. The summed E-state index contributed by atoms with van der Waals surface area (Å²) in [7, 11) is 0. The number of carbonyl (C=O) groups is 1. The molecular weight excluding hydrogens is 204 g/mol. The summed E-state index contributed by atoms with van der Waals surface area (Å²) in [4.78, 5) is 12.6. The Hall–Kier alpha value is -0.760. The van der Waals surface area contributed by atoms with Crippen LogP contribution >= 0.6 is 11.8 Å². The van der Waals surface area contributed by atoms with E-state index in [4.69, 9.17) is 0 Å². The lowest BCUT2D eigenvalue weighted by molar-refractivity contribution is -0.116. The second-order valence-electron chi connectivity index (χ2n) is 3.67. The Kier molecular flexibility index (Phi) is 5.48. The zero-order valence-electron chi connectivity index (χ0n) is 9.40. The molecule has 0 bridgehead atoms. The van der Waals surface area contributed by atoms with Crippen molar-refractivity contribution in [3.63, 3.8) is 0 Å². The van der Waals surface area contributed by atoms with Crippen molar-refractivity contribution in [1.82, 2.24) is 0 Å². The first-order chi connectivity index (χ1) is 7.24. The minimum absolute atomic E-state index is 0.132.